The standard InChI is InChI=1S/C13H13BrO3/c1-2-16-13-5-3-9(7-11(13)14)12-6-4-10(8-15)17-12/h3-7,15H,2,8H2,1H3. The van der Waals surface area contributed by atoms with Gasteiger partial charge in [0.25, 0.3) is 0 Å². The number of halogens is 1. The van der Waals surface area contributed by atoms with Crippen LogP contribution in [-0.2, 0) is 6.61 Å². The molecule has 4 heteroatoms. The fourth-order valence-corrected chi connectivity index (χ4v) is 2.04. The molecule has 1 N–H and O–H groups in total. The Morgan fingerprint density at radius 3 is 2.71 bits per heavy atom. The van der Waals surface area contributed by atoms with Crippen molar-refractivity contribution in [2.45, 2.75) is 13.5 Å². The van der Waals surface area contributed by atoms with Crippen LogP contribution in [0.4, 0.5) is 0 Å². The van der Waals surface area contributed by atoms with Crippen LogP contribution in [0.2, 0.25) is 0 Å². The van der Waals surface area contributed by atoms with Crippen LogP contribution < -0.4 is 4.74 Å². The van der Waals surface area contributed by atoms with Crippen LogP contribution in [0.25, 0.3) is 11.3 Å². The van der Waals surface area contributed by atoms with Crippen LogP contribution in [0, 0.1) is 0 Å². The van der Waals surface area contributed by atoms with Gasteiger partial charge >= 0.3 is 0 Å². The highest BCUT2D eigenvalue weighted by molar-refractivity contribution is 9.10. The van der Waals surface area contributed by atoms with E-state index in [1.165, 1.54) is 0 Å². The summed E-state index contributed by atoms with van der Waals surface area (Å²) in [5, 5.41) is 8.94. The first-order valence-corrected chi connectivity index (χ1v) is 6.16. The van der Waals surface area contributed by atoms with Gasteiger partial charge in [-0.3, -0.25) is 0 Å². The number of hydrogen-bond donors (Lipinski definition) is 1. The van der Waals surface area contributed by atoms with Crippen LogP contribution in [0.15, 0.2) is 39.2 Å². The maximum atomic E-state index is 8.94. The lowest BCUT2D eigenvalue weighted by Crippen LogP contribution is -1.92. The molecule has 0 spiro atoms. The molecule has 1 aromatic heterocycles. The fourth-order valence-electron chi connectivity index (χ4n) is 1.54. The average Bonchev–Trinajstić information content (AvgIpc) is 2.80. The zero-order valence-electron chi connectivity index (χ0n) is 9.44. The van der Waals surface area contributed by atoms with Gasteiger partial charge in [-0.2, -0.15) is 0 Å². The lowest BCUT2D eigenvalue weighted by atomic mass is 10.2. The molecule has 0 atom stereocenters. The summed E-state index contributed by atoms with van der Waals surface area (Å²) in [6.45, 7) is 2.49. The molecule has 3 nitrogen and oxygen atoms in total. The molecule has 0 amide bonds. The van der Waals surface area contributed by atoms with Crippen LogP contribution in [-0.4, -0.2) is 11.7 Å². The van der Waals surface area contributed by atoms with Crippen molar-refractivity contribution in [3.8, 4) is 17.1 Å². The van der Waals surface area contributed by atoms with Gasteiger partial charge in [-0.15, -0.1) is 0 Å². The molecule has 0 fully saturated rings. The Hall–Kier alpha value is -1.26. The first kappa shape index (κ1) is 12.2. The molecular formula is C13H13BrO3. The van der Waals surface area contributed by atoms with E-state index < -0.39 is 0 Å². The minimum absolute atomic E-state index is 0.0851. The molecule has 2 aromatic rings. The summed E-state index contributed by atoms with van der Waals surface area (Å²) in [7, 11) is 0. The van der Waals surface area contributed by atoms with Gasteiger partial charge in [-0.05, 0) is 53.2 Å². The van der Waals surface area contributed by atoms with E-state index in [9.17, 15) is 0 Å². The van der Waals surface area contributed by atoms with Crippen LogP contribution in [0.1, 0.15) is 12.7 Å². The minimum Gasteiger partial charge on any atom is -0.493 e. The molecule has 2 rings (SSSR count). The zero-order valence-corrected chi connectivity index (χ0v) is 11.0. The Kier molecular flexibility index (Phi) is 3.86. The van der Waals surface area contributed by atoms with Crippen LogP contribution in [0.3, 0.4) is 0 Å². The number of aliphatic hydroxyl groups is 1. The van der Waals surface area contributed by atoms with E-state index >= 15 is 0 Å². The monoisotopic (exact) mass is 296 g/mol. The van der Waals surface area contributed by atoms with E-state index in [2.05, 4.69) is 15.9 Å². The maximum absolute atomic E-state index is 8.94. The molecule has 0 bridgehead atoms. The van der Waals surface area contributed by atoms with Gasteiger partial charge in [0.15, 0.2) is 0 Å². The smallest absolute Gasteiger partial charge is 0.134 e. The minimum atomic E-state index is -0.0851. The van der Waals surface area contributed by atoms with E-state index in [1.807, 2.05) is 31.2 Å². The van der Waals surface area contributed by atoms with Gasteiger partial charge in [0.1, 0.15) is 23.9 Å². The lowest BCUT2D eigenvalue weighted by Gasteiger charge is -2.06. The summed E-state index contributed by atoms with van der Waals surface area (Å²) in [5.41, 5.74) is 0.944. The van der Waals surface area contributed by atoms with Crippen molar-refractivity contribution in [3.05, 3.63) is 40.6 Å². The maximum Gasteiger partial charge on any atom is 0.134 e. The third-order valence-electron chi connectivity index (χ3n) is 2.33. The SMILES string of the molecule is CCOc1ccc(-c2ccc(CO)o2)cc1Br. The number of furan rings is 1. The first-order valence-electron chi connectivity index (χ1n) is 5.37. The second-order valence-electron chi connectivity index (χ2n) is 3.50. The molecule has 0 saturated carbocycles. The topological polar surface area (TPSA) is 42.6 Å². The number of ether oxygens (including phenoxy) is 1. The lowest BCUT2D eigenvalue weighted by molar-refractivity contribution is 0.248. The van der Waals surface area contributed by atoms with E-state index in [0.29, 0.717) is 12.4 Å². The van der Waals surface area contributed by atoms with E-state index in [0.717, 1.165) is 21.5 Å². The van der Waals surface area contributed by atoms with Crippen LogP contribution in [0.5, 0.6) is 5.75 Å². The van der Waals surface area contributed by atoms with Crippen molar-refractivity contribution in [2.75, 3.05) is 6.61 Å². The predicted octanol–water partition coefficient (Wildman–Crippen LogP) is 3.60. The van der Waals surface area contributed by atoms with Gasteiger partial charge in [0.2, 0.25) is 0 Å². The second kappa shape index (κ2) is 5.38. The zero-order chi connectivity index (χ0) is 12.3. The van der Waals surface area contributed by atoms with E-state index in [1.54, 1.807) is 6.07 Å². The molecule has 0 aliphatic heterocycles. The van der Waals surface area contributed by atoms with E-state index in [-0.39, 0.29) is 6.61 Å². The number of rotatable bonds is 4. The molecule has 0 aliphatic carbocycles. The van der Waals surface area contributed by atoms with Gasteiger partial charge in [0, 0.05) is 5.56 Å². The Morgan fingerprint density at radius 1 is 1.29 bits per heavy atom. The van der Waals surface area contributed by atoms with Gasteiger partial charge in [-0.1, -0.05) is 0 Å². The predicted molar refractivity (Wildman–Crippen MR) is 68.9 cm³/mol. The summed E-state index contributed by atoms with van der Waals surface area (Å²) < 4.78 is 11.8. The van der Waals surface area contributed by atoms with Crippen molar-refractivity contribution < 1.29 is 14.3 Å². The van der Waals surface area contributed by atoms with Crippen molar-refractivity contribution >= 4 is 15.9 Å². The molecule has 0 radical (unpaired) electrons. The molecule has 1 heterocycles. The Bertz CT molecular complexity index is 505. The number of aliphatic hydroxyl groups excluding tert-OH is 1. The summed E-state index contributed by atoms with van der Waals surface area (Å²) in [6.07, 6.45) is 0. The summed E-state index contributed by atoms with van der Waals surface area (Å²) in [6, 6.07) is 9.36. The molecule has 0 unspecified atom stereocenters. The fraction of sp³-hybridized carbons (Fsp3) is 0.231. The van der Waals surface area contributed by atoms with E-state index in [4.69, 9.17) is 14.3 Å². The largest absolute Gasteiger partial charge is 0.493 e. The second-order valence-corrected chi connectivity index (χ2v) is 4.36. The Morgan fingerprint density at radius 2 is 2.12 bits per heavy atom. The summed E-state index contributed by atoms with van der Waals surface area (Å²) in [4.78, 5) is 0. The summed E-state index contributed by atoms with van der Waals surface area (Å²) >= 11 is 3.45. The highest BCUT2D eigenvalue weighted by atomic mass is 79.9. The highest BCUT2D eigenvalue weighted by Crippen LogP contribution is 2.31. The molecule has 0 aliphatic rings. The Balaban J connectivity index is 2.30. The average molecular weight is 297 g/mol. The number of hydrogen-bond acceptors (Lipinski definition) is 3. The van der Waals surface area contributed by atoms with Crippen molar-refractivity contribution in [1.82, 2.24) is 0 Å². The molecule has 1 aromatic carbocycles. The Labute approximate surface area is 108 Å². The number of benzene rings is 1. The van der Waals surface area contributed by atoms with Gasteiger partial charge in [0.05, 0.1) is 11.1 Å². The third-order valence-corrected chi connectivity index (χ3v) is 2.95. The highest BCUT2D eigenvalue weighted by Gasteiger charge is 2.07. The normalized spacial score (nSPS) is 10.5. The van der Waals surface area contributed by atoms with Crippen molar-refractivity contribution in [1.29, 1.82) is 0 Å². The molecule has 17 heavy (non-hydrogen) atoms. The first-order chi connectivity index (χ1) is 8.24. The van der Waals surface area contributed by atoms with Crippen LogP contribution >= 0.6 is 15.9 Å². The van der Waals surface area contributed by atoms with Gasteiger partial charge < -0.3 is 14.3 Å². The summed E-state index contributed by atoms with van der Waals surface area (Å²) in [5.74, 6) is 2.10. The molecule has 0 saturated heterocycles. The van der Waals surface area contributed by atoms with Crippen molar-refractivity contribution in [3.63, 3.8) is 0 Å². The molecular weight excluding hydrogens is 284 g/mol. The third kappa shape index (κ3) is 2.70. The van der Waals surface area contributed by atoms with Gasteiger partial charge in [-0.25, -0.2) is 0 Å². The quantitative estimate of drug-likeness (QED) is 0.937. The molecule has 90 valence electrons. The van der Waals surface area contributed by atoms with Crippen molar-refractivity contribution in [2.24, 2.45) is 0 Å².